The maximum Gasteiger partial charge on any atom is 0.0783 e. The van der Waals surface area contributed by atoms with Crippen molar-refractivity contribution in [1.82, 2.24) is 0 Å². The Balaban J connectivity index is 1.64. The quantitative estimate of drug-likeness (QED) is 0.784. The van der Waals surface area contributed by atoms with E-state index >= 15 is 0 Å². The lowest BCUT2D eigenvalue weighted by Crippen LogP contribution is -2.46. The van der Waals surface area contributed by atoms with E-state index in [4.69, 9.17) is 10.5 Å². The molecule has 0 aromatic heterocycles. The molecule has 0 bridgehead atoms. The van der Waals surface area contributed by atoms with Crippen molar-refractivity contribution in [2.45, 2.75) is 43.7 Å². The number of nitrogens with two attached hydrogens (primary N) is 1. The van der Waals surface area contributed by atoms with E-state index in [0.717, 1.165) is 18.4 Å². The molecule has 3 heteroatoms. The number of hydrogen-bond acceptors (Lipinski definition) is 3. The number of ether oxygens (including phenoxy) is 1. The summed E-state index contributed by atoms with van der Waals surface area (Å²) in [5.74, 6) is 4.08. The summed E-state index contributed by atoms with van der Waals surface area (Å²) < 4.78 is 6.03. The van der Waals surface area contributed by atoms with Crippen LogP contribution in [0.1, 0.15) is 32.1 Å². The van der Waals surface area contributed by atoms with Crippen LogP contribution >= 0.6 is 11.8 Å². The molecular weight excluding hydrogens is 206 g/mol. The first-order valence-electron chi connectivity index (χ1n) is 6.26. The highest BCUT2D eigenvalue weighted by Crippen LogP contribution is 2.44. The lowest BCUT2D eigenvalue weighted by atomic mass is 9.80. The fourth-order valence-corrected chi connectivity index (χ4v) is 4.50. The van der Waals surface area contributed by atoms with Gasteiger partial charge in [-0.2, -0.15) is 11.8 Å². The summed E-state index contributed by atoms with van der Waals surface area (Å²) in [4.78, 5) is 0. The molecule has 0 aromatic carbocycles. The van der Waals surface area contributed by atoms with Crippen LogP contribution in [-0.2, 0) is 4.74 Å². The highest BCUT2D eigenvalue weighted by Gasteiger charge is 2.44. The van der Waals surface area contributed by atoms with E-state index < -0.39 is 0 Å². The van der Waals surface area contributed by atoms with Gasteiger partial charge in [-0.25, -0.2) is 0 Å². The maximum atomic E-state index is 6.34. The molecule has 3 aliphatic rings. The van der Waals surface area contributed by atoms with Crippen LogP contribution < -0.4 is 5.73 Å². The Morgan fingerprint density at radius 1 is 1.27 bits per heavy atom. The zero-order chi connectivity index (χ0) is 10.3. The third-order valence-corrected chi connectivity index (χ3v) is 5.53. The van der Waals surface area contributed by atoms with Crippen molar-refractivity contribution in [3.8, 4) is 0 Å². The summed E-state index contributed by atoms with van der Waals surface area (Å²) in [6, 6.07) is 0.469. The lowest BCUT2D eigenvalue weighted by molar-refractivity contribution is -0.0841. The zero-order valence-electron chi connectivity index (χ0n) is 9.28. The van der Waals surface area contributed by atoms with Crippen molar-refractivity contribution in [2.75, 3.05) is 18.1 Å². The van der Waals surface area contributed by atoms with Gasteiger partial charge in [-0.05, 0) is 49.7 Å². The van der Waals surface area contributed by atoms with Crippen molar-refractivity contribution < 1.29 is 4.74 Å². The Kier molecular flexibility index (Phi) is 2.74. The molecule has 3 fully saturated rings. The molecule has 2 saturated heterocycles. The van der Waals surface area contributed by atoms with E-state index in [2.05, 4.69) is 11.8 Å². The van der Waals surface area contributed by atoms with Crippen molar-refractivity contribution in [3.05, 3.63) is 0 Å². The first-order chi connectivity index (χ1) is 7.29. The van der Waals surface area contributed by atoms with E-state index in [1.165, 1.54) is 43.6 Å². The summed E-state index contributed by atoms with van der Waals surface area (Å²) in [6.07, 6.45) is 6.44. The normalized spacial score (nSPS) is 43.4. The third-order valence-electron chi connectivity index (χ3n) is 4.31. The minimum Gasteiger partial charge on any atom is -0.374 e. The van der Waals surface area contributed by atoms with Gasteiger partial charge < -0.3 is 10.5 Å². The van der Waals surface area contributed by atoms with Crippen LogP contribution in [-0.4, -0.2) is 29.8 Å². The van der Waals surface area contributed by atoms with Crippen LogP contribution in [0.5, 0.6) is 0 Å². The van der Waals surface area contributed by atoms with Gasteiger partial charge in [0.05, 0.1) is 5.60 Å². The molecule has 0 aromatic rings. The Morgan fingerprint density at radius 2 is 2.13 bits per heavy atom. The van der Waals surface area contributed by atoms with Gasteiger partial charge >= 0.3 is 0 Å². The summed E-state index contributed by atoms with van der Waals surface area (Å²) in [5, 5.41) is 0. The van der Waals surface area contributed by atoms with E-state index in [1.807, 2.05) is 0 Å². The first kappa shape index (κ1) is 10.4. The molecule has 3 atom stereocenters. The molecule has 1 saturated carbocycles. The molecule has 0 amide bonds. The van der Waals surface area contributed by atoms with Crippen LogP contribution in [0.4, 0.5) is 0 Å². The highest BCUT2D eigenvalue weighted by atomic mass is 32.2. The van der Waals surface area contributed by atoms with Gasteiger partial charge in [-0.15, -0.1) is 0 Å². The Hall–Kier alpha value is 0.270. The molecule has 15 heavy (non-hydrogen) atoms. The monoisotopic (exact) mass is 227 g/mol. The van der Waals surface area contributed by atoms with Gasteiger partial charge in [0.1, 0.15) is 0 Å². The molecule has 1 aliphatic carbocycles. The summed E-state index contributed by atoms with van der Waals surface area (Å²) >= 11 is 2.05. The lowest BCUT2D eigenvalue weighted by Gasteiger charge is -2.40. The van der Waals surface area contributed by atoms with E-state index in [0.29, 0.717) is 6.04 Å². The van der Waals surface area contributed by atoms with Crippen molar-refractivity contribution in [3.63, 3.8) is 0 Å². The summed E-state index contributed by atoms with van der Waals surface area (Å²) in [7, 11) is 0. The Bertz CT molecular complexity index is 236. The maximum absolute atomic E-state index is 6.34. The molecule has 1 spiro atoms. The second-order valence-electron chi connectivity index (χ2n) is 5.50. The molecule has 2 heterocycles. The van der Waals surface area contributed by atoms with Crippen LogP contribution in [0.15, 0.2) is 0 Å². The minimum absolute atomic E-state index is 0.222. The second-order valence-corrected chi connectivity index (χ2v) is 6.61. The standard InChI is InChI=1S/C12H21NOS/c13-11(9-1-2-9)10-3-5-14-12(7-10)4-6-15-8-12/h9-11H,1-8,13H2. The summed E-state index contributed by atoms with van der Waals surface area (Å²) in [5.41, 5.74) is 6.56. The van der Waals surface area contributed by atoms with Gasteiger partial charge in [-0.3, -0.25) is 0 Å². The average Bonchev–Trinajstić information content (AvgIpc) is 3.02. The molecule has 2 nitrogen and oxygen atoms in total. The zero-order valence-corrected chi connectivity index (χ0v) is 10.1. The van der Waals surface area contributed by atoms with Gasteiger partial charge in [0, 0.05) is 18.4 Å². The van der Waals surface area contributed by atoms with Crippen molar-refractivity contribution in [2.24, 2.45) is 17.6 Å². The topological polar surface area (TPSA) is 35.2 Å². The average molecular weight is 227 g/mol. The second kappa shape index (κ2) is 3.94. The van der Waals surface area contributed by atoms with Gasteiger partial charge in [0.25, 0.3) is 0 Å². The number of rotatable bonds is 2. The van der Waals surface area contributed by atoms with Gasteiger partial charge in [-0.1, -0.05) is 0 Å². The number of hydrogen-bond donors (Lipinski definition) is 1. The Morgan fingerprint density at radius 3 is 2.80 bits per heavy atom. The van der Waals surface area contributed by atoms with Gasteiger partial charge in [0.15, 0.2) is 0 Å². The van der Waals surface area contributed by atoms with Crippen LogP contribution in [0.2, 0.25) is 0 Å². The van der Waals surface area contributed by atoms with Crippen LogP contribution in [0, 0.1) is 11.8 Å². The highest BCUT2D eigenvalue weighted by molar-refractivity contribution is 7.99. The van der Waals surface area contributed by atoms with E-state index in [9.17, 15) is 0 Å². The predicted octanol–water partition coefficient (Wildman–Crippen LogP) is 2.03. The molecule has 0 radical (unpaired) electrons. The largest absolute Gasteiger partial charge is 0.374 e. The summed E-state index contributed by atoms with van der Waals surface area (Å²) in [6.45, 7) is 0.950. The molecular formula is C12H21NOS. The smallest absolute Gasteiger partial charge is 0.0783 e. The number of thioether (sulfide) groups is 1. The molecule has 3 rings (SSSR count). The predicted molar refractivity (Wildman–Crippen MR) is 64.0 cm³/mol. The van der Waals surface area contributed by atoms with Crippen LogP contribution in [0.3, 0.4) is 0 Å². The third kappa shape index (κ3) is 2.06. The first-order valence-corrected chi connectivity index (χ1v) is 7.42. The van der Waals surface area contributed by atoms with Crippen molar-refractivity contribution in [1.29, 1.82) is 0 Å². The van der Waals surface area contributed by atoms with E-state index in [-0.39, 0.29) is 5.60 Å². The Labute approximate surface area is 96.3 Å². The fourth-order valence-electron chi connectivity index (χ4n) is 3.12. The van der Waals surface area contributed by atoms with Crippen LogP contribution in [0.25, 0.3) is 0 Å². The SMILES string of the molecule is NC(C1CC1)C1CCOC2(CCSC2)C1. The molecule has 3 unspecified atom stereocenters. The molecule has 2 N–H and O–H groups in total. The fraction of sp³-hybridized carbons (Fsp3) is 1.00. The van der Waals surface area contributed by atoms with E-state index in [1.54, 1.807) is 0 Å². The van der Waals surface area contributed by atoms with Gasteiger partial charge in [0.2, 0.25) is 0 Å². The molecule has 86 valence electrons. The molecule has 2 aliphatic heterocycles. The van der Waals surface area contributed by atoms with Crippen molar-refractivity contribution >= 4 is 11.8 Å². The minimum atomic E-state index is 0.222.